The Morgan fingerprint density at radius 3 is 2.83 bits per heavy atom. The summed E-state index contributed by atoms with van der Waals surface area (Å²) in [7, 11) is 0. The Morgan fingerprint density at radius 1 is 1.38 bits per heavy atom. The second-order valence-corrected chi connectivity index (χ2v) is 6.67. The van der Waals surface area contributed by atoms with Crippen LogP contribution in [0.5, 0.6) is 0 Å². The average molecular weight is 341 g/mol. The zero-order valence-corrected chi connectivity index (χ0v) is 14.3. The van der Waals surface area contributed by atoms with E-state index in [-0.39, 0.29) is 6.03 Å². The van der Waals surface area contributed by atoms with Gasteiger partial charge in [-0.05, 0) is 36.1 Å². The quantitative estimate of drug-likeness (QED) is 0.930. The van der Waals surface area contributed by atoms with Crippen molar-refractivity contribution in [3.8, 4) is 6.07 Å². The molecule has 0 aromatic carbocycles. The lowest BCUT2D eigenvalue weighted by molar-refractivity contribution is 0.194. The predicted octanol–water partition coefficient (Wildman–Crippen LogP) is 2.36. The Kier molecular flexibility index (Phi) is 4.96. The fourth-order valence-electron chi connectivity index (χ4n) is 2.65. The molecular weight excluding hydrogens is 322 g/mol. The van der Waals surface area contributed by atoms with Crippen molar-refractivity contribution in [1.82, 2.24) is 15.2 Å². The topological polar surface area (TPSA) is 72.3 Å². The number of nitriles is 1. The highest BCUT2D eigenvalue weighted by Gasteiger charge is 2.22. The first kappa shape index (κ1) is 16.3. The molecule has 1 aliphatic rings. The number of urea groups is 1. The second kappa shape index (κ2) is 7.32. The Labute approximate surface area is 145 Å². The lowest BCUT2D eigenvalue weighted by atomic mass is 10.2. The minimum atomic E-state index is -0.0267. The Hall–Kier alpha value is -2.59. The number of anilines is 1. The van der Waals surface area contributed by atoms with E-state index in [1.165, 1.54) is 10.4 Å². The maximum atomic E-state index is 12.3. The van der Waals surface area contributed by atoms with E-state index in [0.717, 1.165) is 5.82 Å². The Balaban J connectivity index is 1.52. The van der Waals surface area contributed by atoms with Gasteiger partial charge in [0.25, 0.3) is 0 Å². The molecule has 3 rings (SSSR count). The normalized spacial score (nSPS) is 14.3. The van der Waals surface area contributed by atoms with Crippen molar-refractivity contribution < 1.29 is 4.79 Å². The van der Waals surface area contributed by atoms with Crippen molar-refractivity contribution in [2.45, 2.75) is 13.5 Å². The molecule has 2 aromatic rings. The standard InChI is InChI=1S/C17H19N5OS/c1-13-3-9-24-15(13)12-20-17(23)22-7-5-21(6-8-22)16-10-14(11-18)2-4-19-16/h2-4,9-10H,5-8,12H2,1H3,(H,20,23). The van der Waals surface area contributed by atoms with Crippen LogP contribution in [0.4, 0.5) is 10.6 Å². The van der Waals surface area contributed by atoms with Crippen molar-refractivity contribution in [3.63, 3.8) is 0 Å². The minimum Gasteiger partial charge on any atom is -0.353 e. The Morgan fingerprint density at radius 2 is 2.17 bits per heavy atom. The van der Waals surface area contributed by atoms with E-state index in [4.69, 9.17) is 5.26 Å². The molecule has 0 aliphatic carbocycles. The number of hydrogen-bond acceptors (Lipinski definition) is 5. The smallest absolute Gasteiger partial charge is 0.317 e. The molecule has 6 nitrogen and oxygen atoms in total. The van der Waals surface area contributed by atoms with E-state index in [0.29, 0.717) is 38.3 Å². The number of aryl methyl sites for hydroxylation is 1. The lowest BCUT2D eigenvalue weighted by Crippen LogP contribution is -2.51. The number of carbonyl (C=O) groups is 1. The summed E-state index contributed by atoms with van der Waals surface area (Å²) in [6, 6.07) is 7.65. The lowest BCUT2D eigenvalue weighted by Gasteiger charge is -2.35. The molecule has 0 unspecified atom stereocenters. The van der Waals surface area contributed by atoms with Crippen LogP contribution in [0.3, 0.4) is 0 Å². The molecule has 1 aliphatic heterocycles. The average Bonchev–Trinajstić information content (AvgIpc) is 3.05. The number of aromatic nitrogens is 1. The summed E-state index contributed by atoms with van der Waals surface area (Å²) in [5, 5.41) is 14.0. The number of pyridine rings is 1. The minimum absolute atomic E-state index is 0.0267. The zero-order valence-electron chi connectivity index (χ0n) is 13.5. The van der Waals surface area contributed by atoms with Gasteiger partial charge >= 0.3 is 6.03 Å². The van der Waals surface area contributed by atoms with Gasteiger partial charge in [-0.15, -0.1) is 11.3 Å². The van der Waals surface area contributed by atoms with Crippen molar-refractivity contribution in [1.29, 1.82) is 5.26 Å². The van der Waals surface area contributed by atoms with E-state index in [9.17, 15) is 4.79 Å². The molecule has 0 atom stereocenters. The summed E-state index contributed by atoms with van der Waals surface area (Å²) in [6.07, 6.45) is 1.65. The van der Waals surface area contributed by atoms with Gasteiger partial charge in [0.2, 0.25) is 0 Å². The predicted molar refractivity (Wildman–Crippen MR) is 94.0 cm³/mol. The summed E-state index contributed by atoms with van der Waals surface area (Å²) in [6.45, 7) is 5.36. The van der Waals surface area contributed by atoms with Crippen molar-refractivity contribution in [3.05, 3.63) is 45.8 Å². The van der Waals surface area contributed by atoms with Gasteiger partial charge in [-0.1, -0.05) is 0 Å². The molecule has 0 spiro atoms. The van der Waals surface area contributed by atoms with Crippen LogP contribution in [-0.2, 0) is 6.54 Å². The summed E-state index contributed by atoms with van der Waals surface area (Å²) in [5.41, 5.74) is 1.82. The van der Waals surface area contributed by atoms with Gasteiger partial charge < -0.3 is 15.1 Å². The van der Waals surface area contributed by atoms with Crippen molar-refractivity contribution >= 4 is 23.2 Å². The van der Waals surface area contributed by atoms with Crippen molar-refractivity contribution in [2.24, 2.45) is 0 Å². The van der Waals surface area contributed by atoms with Gasteiger partial charge in [0, 0.05) is 37.3 Å². The molecule has 1 fully saturated rings. The third-order valence-corrected chi connectivity index (χ3v) is 5.16. The molecule has 2 amide bonds. The van der Waals surface area contributed by atoms with Crippen LogP contribution in [0.25, 0.3) is 0 Å². The highest BCUT2D eigenvalue weighted by Crippen LogP contribution is 2.16. The third-order valence-electron chi connectivity index (χ3n) is 4.13. The highest BCUT2D eigenvalue weighted by atomic mass is 32.1. The monoisotopic (exact) mass is 341 g/mol. The summed E-state index contributed by atoms with van der Waals surface area (Å²) in [5.74, 6) is 0.795. The molecule has 24 heavy (non-hydrogen) atoms. The molecule has 0 radical (unpaired) electrons. The van der Waals surface area contributed by atoms with Crippen LogP contribution in [0, 0.1) is 18.3 Å². The number of thiophene rings is 1. The first-order valence-corrected chi connectivity index (χ1v) is 8.72. The number of carbonyl (C=O) groups excluding carboxylic acids is 1. The fraction of sp³-hybridized carbons (Fsp3) is 0.353. The summed E-state index contributed by atoms with van der Waals surface area (Å²) >= 11 is 1.66. The second-order valence-electron chi connectivity index (χ2n) is 5.67. The third kappa shape index (κ3) is 3.66. The molecule has 1 saturated heterocycles. The number of nitrogens with zero attached hydrogens (tertiary/aromatic N) is 4. The van der Waals surface area contributed by atoms with E-state index >= 15 is 0 Å². The van der Waals surface area contributed by atoms with Crippen LogP contribution in [0.2, 0.25) is 0 Å². The van der Waals surface area contributed by atoms with E-state index < -0.39 is 0 Å². The van der Waals surface area contributed by atoms with Gasteiger partial charge in [0.05, 0.1) is 18.2 Å². The number of amides is 2. The number of hydrogen-bond donors (Lipinski definition) is 1. The molecule has 1 N–H and O–H groups in total. The number of rotatable bonds is 3. The molecule has 7 heteroatoms. The number of piperazine rings is 1. The fourth-order valence-corrected chi connectivity index (χ4v) is 3.50. The van der Waals surface area contributed by atoms with Gasteiger partial charge in [-0.25, -0.2) is 9.78 Å². The van der Waals surface area contributed by atoms with Crippen LogP contribution < -0.4 is 10.2 Å². The molecule has 0 saturated carbocycles. The largest absolute Gasteiger partial charge is 0.353 e. The van der Waals surface area contributed by atoms with Crippen LogP contribution >= 0.6 is 11.3 Å². The number of nitrogens with one attached hydrogen (secondary N) is 1. The van der Waals surface area contributed by atoms with Crippen molar-refractivity contribution in [2.75, 3.05) is 31.1 Å². The van der Waals surface area contributed by atoms with Crippen LogP contribution in [-0.4, -0.2) is 42.1 Å². The maximum absolute atomic E-state index is 12.3. The van der Waals surface area contributed by atoms with Crippen LogP contribution in [0.15, 0.2) is 29.8 Å². The molecule has 3 heterocycles. The van der Waals surface area contributed by atoms with E-state index in [1.54, 1.807) is 29.7 Å². The maximum Gasteiger partial charge on any atom is 0.317 e. The van der Waals surface area contributed by atoms with E-state index in [1.807, 2.05) is 10.3 Å². The van der Waals surface area contributed by atoms with Gasteiger partial charge in [-0.3, -0.25) is 0 Å². The Bertz CT molecular complexity index is 758. The van der Waals surface area contributed by atoms with E-state index in [2.05, 4.69) is 34.3 Å². The van der Waals surface area contributed by atoms with Crippen LogP contribution in [0.1, 0.15) is 16.0 Å². The molecule has 124 valence electrons. The summed E-state index contributed by atoms with van der Waals surface area (Å²) < 4.78 is 0. The van der Waals surface area contributed by atoms with Gasteiger partial charge in [-0.2, -0.15) is 5.26 Å². The van der Waals surface area contributed by atoms with Gasteiger partial charge in [0.1, 0.15) is 5.82 Å². The zero-order chi connectivity index (χ0) is 16.9. The summed E-state index contributed by atoms with van der Waals surface area (Å²) in [4.78, 5) is 21.7. The SMILES string of the molecule is Cc1ccsc1CNC(=O)N1CCN(c2cc(C#N)ccn2)CC1. The van der Waals surface area contributed by atoms with Gasteiger partial charge in [0.15, 0.2) is 0 Å². The molecule has 2 aromatic heterocycles. The first-order valence-electron chi connectivity index (χ1n) is 7.84. The molecular formula is C17H19N5OS. The highest BCUT2D eigenvalue weighted by molar-refractivity contribution is 7.10. The first-order chi connectivity index (χ1) is 11.7. The molecule has 0 bridgehead atoms.